The van der Waals surface area contributed by atoms with Gasteiger partial charge in [-0.2, -0.15) is 0 Å². The van der Waals surface area contributed by atoms with Crippen LogP contribution in [0.5, 0.6) is 0 Å². The van der Waals surface area contributed by atoms with E-state index in [9.17, 15) is 4.79 Å². The molecule has 1 aromatic heterocycles. The van der Waals surface area contributed by atoms with Gasteiger partial charge in [-0.3, -0.25) is 9.36 Å². The molecule has 0 fully saturated rings. The third-order valence-corrected chi connectivity index (χ3v) is 3.59. The summed E-state index contributed by atoms with van der Waals surface area (Å²) < 4.78 is 1.90. The van der Waals surface area contributed by atoms with Crippen LogP contribution < -0.4 is 5.56 Å². The summed E-state index contributed by atoms with van der Waals surface area (Å²) in [7, 11) is 0. The molecule has 3 nitrogen and oxygen atoms in total. The summed E-state index contributed by atoms with van der Waals surface area (Å²) in [5.41, 5.74) is 0.956. The van der Waals surface area contributed by atoms with Crippen molar-refractivity contribution in [2.24, 2.45) is 0 Å². The molecule has 3 heteroatoms. The highest BCUT2D eigenvalue weighted by molar-refractivity contribution is 5.77. The Labute approximate surface area is 100 Å². The minimum absolute atomic E-state index is 0.125. The number of hydrogen-bond acceptors (Lipinski definition) is 2. The number of aromatic nitrogens is 2. The lowest BCUT2D eigenvalue weighted by molar-refractivity contribution is 0.487. The van der Waals surface area contributed by atoms with Crippen LogP contribution in [0.4, 0.5) is 0 Å². The van der Waals surface area contributed by atoms with E-state index >= 15 is 0 Å². The van der Waals surface area contributed by atoms with E-state index in [2.05, 4.69) is 11.9 Å². The molecule has 0 radical (unpaired) electrons. The van der Waals surface area contributed by atoms with Crippen molar-refractivity contribution in [3.63, 3.8) is 0 Å². The number of aryl methyl sites for hydroxylation is 1. The summed E-state index contributed by atoms with van der Waals surface area (Å²) >= 11 is 0. The van der Waals surface area contributed by atoms with E-state index in [4.69, 9.17) is 0 Å². The molecular formula is C14H16N2O. The van der Waals surface area contributed by atoms with Gasteiger partial charge in [0.1, 0.15) is 5.82 Å². The van der Waals surface area contributed by atoms with Crippen molar-refractivity contribution in [2.75, 3.05) is 0 Å². The molecule has 0 saturated carbocycles. The third-order valence-electron chi connectivity index (χ3n) is 3.59. The van der Waals surface area contributed by atoms with Crippen LogP contribution >= 0.6 is 0 Å². The van der Waals surface area contributed by atoms with Gasteiger partial charge in [0, 0.05) is 12.5 Å². The fraction of sp³-hybridized carbons (Fsp3) is 0.429. The van der Waals surface area contributed by atoms with Gasteiger partial charge in [0.05, 0.1) is 10.9 Å². The Bertz CT molecular complexity index is 615. The highest BCUT2D eigenvalue weighted by Crippen LogP contribution is 2.21. The topological polar surface area (TPSA) is 34.9 Å². The number of hydrogen-bond donors (Lipinski definition) is 0. The lowest BCUT2D eigenvalue weighted by Crippen LogP contribution is -2.27. The van der Waals surface area contributed by atoms with Gasteiger partial charge in [-0.25, -0.2) is 4.98 Å². The number of rotatable bonds is 0. The molecule has 88 valence electrons. The first kappa shape index (κ1) is 10.5. The van der Waals surface area contributed by atoms with Crippen LogP contribution in [0.2, 0.25) is 0 Å². The average molecular weight is 228 g/mol. The molecule has 2 aromatic rings. The Morgan fingerprint density at radius 3 is 3.00 bits per heavy atom. The highest BCUT2D eigenvalue weighted by Gasteiger charge is 2.18. The van der Waals surface area contributed by atoms with Crippen molar-refractivity contribution in [3.05, 3.63) is 40.4 Å². The Kier molecular flexibility index (Phi) is 2.46. The molecule has 0 aliphatic carbocycles. The largest absolute Gasteiger partial charge is 0.293 e. The maximum absolute atomic E-state index is 12.5. The van der Waals surface area contributed by atoms with Crippen LogP contribution in [0, 0.1) is 0 Å². The summed E-state index contributed by atoms with van der Waals surface area (Å²) in [6.07, 6.45) is 4.31. The average Bonchev–Trinajstić information content (AvgIpc) is 2.52. The second-order valence-electron chi connectivity index (χ2n) is 4.82. The molecule has 0 saturated heterocycles. The highest BCUT2D eigenvalue weighted by atomic mass is 16.1. The van der Waals surface area contributed by atoms with E-state index in [1.165, 1.54) is 6.42 Å². The molecule has 1 unspecified atom stereocenters. The minimum atomic E-state index is 0.125. The van der Waals surface area contributed by atoms with Gasteiger partial charge >= 0.3 is 0 Å². The first-order valence-corrected chi connectivity index (χ1v) is 6.27. The minimum Gasteiger partial charge on any atom is -0.293 e. The van der Waals surface area contributed by atoms with Gasteiger partial charge in [0.15, 0.2) is 0 Å². The van der Waals surface area contributed by atoms with Crippen LogP contribution in [0.15, 0.2) is 29.1 Å². The molecule has 3 rings (SSSR count). The molecule has 1 atom stereocenters. The molecule has 0 amide bonds. The second kappa shape index (κ2) is 3.99. The SMILES string of the molecule is CC1CCCCc2nc3ccccc3c(=O)n21. The van der Waals surface area contributed by atoms with Crippen molar-refractivity contribution in [1.29, 1.82) is 0 Å². The van der Waals surface area contributed by atoms with E-state index < -0.39 is 0 Å². The number of fused-ring (bicyclic) bond motifs is 2. The molecule has 1 aromatic carbocycles. The number of para-hydroxylation sites is 1. The quantitative estimate of drug-likeness (QED) is 0.695. The molecule has 2 heterocycles. The van der Waals surface area contributed by atoms with E-state index in [0.29, 0.717) is 0 Å². The second-order valence-corrected chi connectivity index (χ2v) is 4.82. The van der Waals surface area contributed by atoms with Gasteiger partial charge in [0.25, 0.3) is 5.56 Å². The smallest absolute Gasteiger partial charge is 0.261 e. The van der Waals surface area contributed by atoms with Crippen LogP contribution in [0.25, 0.3) is 10.9 Å². The zero-order valence-corrected chi connectivity index (χ0v) is 10.0. The monoisotopic (exact) mass is 228 g/mol. The van der Waals surface area contributed by atoms with Gasteiger partial charge in [0.2, 0.25) is 0 Å². The van der Waals surface area contributed by atoms with Crippen molar-refractivity contribution >= 4 is 10.9 Å². The first-order chi connectivity index (χ1) is 8.27. The van der Waals surface area contributed by atoms with Crippen LogP contribution in [0.3, 0.4) is 0 Å². The normalized spacial score (nSPS) is 19.9. The lowest BCUT2D eigenvalue weighted by atomic mass is 10.1. The predicted octanol–water partition coefficient (Wildman–Crippen LogP) is 2.68. The molecular weight excluding hydrogens is 212 g/mol. The Morgan fingerprint density at radius 1 is 1.29 bits per heavy atom. The van der Waals surface area contributed by atoms with Crippen molar-refractivity contribution < 1.29 is 0 Å². The van der Waals surface area contributed by atoms with Gasteiger partial charge in [-0.05, 0) is 31.9 Å². The number of nitrogens with zero attached hydrogens (tertiary/aromatic N) is 2. The van der Waals surface area contributed by atoms with Crippen molar-refractivity contribution in [2.45, 2.75) is 38.6 Å². The Morgan fingerprint density at radius 2 is 2.12 bits per heavy atom. The lowest BCUT2D eigenvalue weighted by Gasteiger charge is -2.16. The van der Waals surface area contributed by atoms with Crippen molar-refractivity contribution in [1.82, 2.24) is 9.55 Å². The fourth-order valence-corrected chi connectivity index (χ4v) is 2.67. The first-order valence-electron chi connectivity index (χ1n) is 6.27. The van der Waals surface area contributed by atoms with Gasteiger partial charge in [-0.15, -0.1) is 0 Å². The molecule has 1 aliphatic heterocycles. The Balaban J connectivity index is 2.36. The molecule has 0 spiro atoms. The zero-order chi connectivity index (χ0) is 11.8. The molecule has 0 bridgehead atoms. The van der Waals surface area contributed by atoms with Crippen LogP contribution in [0.1, 0.15) is 38.1 Å². The molecule has 17 heavy (non-hydrogen) atoms. The standard InChI is InChI=1S/C14H16N2O/c1-10-6-2-5-9-13-15-12-8-4-3-7-11(12)14(17)16(10)13/h3-4,7-8,10H,2,5-6,9H2,1H3. The maximum Gasteiger partial charge on any atom is 0.261 e. The summed E-state index contributed by atoms with van der Waals surface area (Å²) in [6.45, 7) is 2.12. The summed E-state index contributed by atoms with van der Waals surface area (Å²) in [4.78, 5) is 17.1. The van der Waals surface area contributed by atoms with Gasteiger partial charge in [-0.1, -0.05) is 18.6 Å². The Hall–Kier alpha value is -1.64. The maximum atomic E-state index is 12.5. The third kappa shape index (κ3) is 1.66. The fourth-order valence-electron chi connectivity index (χ4n) is 2.67. The summed E-state index contributed by atoms with van der Waals surface area (Å²) in [5, 5.41) is 0.741. The van der Waals surface area contributed by atoms with Crippen molar-refractivity contribution in [3.8, 4) is 0 Å². The van der Waals surface area contributed by atoms with E-state index in [-0.39, 0.29) is 11.6 Å². The van der Waals surface area contributed by atoms with Crippen LogP contribution in [-0.4, -0.2) is 9.55 Å². The zero-order valence-electron chi connectivity index (χ0n) is 10.0. The van der Waals surface area contributed by atoms with Gasteiger partial charge < -0.3 is 0 Å². The molecule has 1 aliphatic rings. The summed E-state index contributed by atoms with van der Waals surface area (Å²) in [6, 6.07) is 7.91. The number of benzene rings is 1. The van der Waals surface area contributed by atoms with E-state index in [0.717, 1.165) is 36.0 Å². The van der Waals surface area contributed by atoms with Crippen LogP contribution in [-0.2, 0) is 6.42 Å². The van der Waals surface area contributed by atoms with E-state index in [1.54, 1.807) is 0 Å². The van der Waals surface area contributed by atoms with E-state index in [1.807, 2.05) is 28.8 Å². The summed E-state index contributed by atoms with van der Waals surface area (Å²) in [5.74, 6) is 0.957. The predicted molar refractivity (Wildman–Crippen MR) is 68.3 cm³/mol. The molecule has 0 N–H and O–H groups in total.